The first-order valence-corrected chi connectivity index (χ1v) is 9.71. The SMILES string of the molecule is Cc1nn(C)c(C)c1-c1cc(C(=O)Nc2ccccc2C(=O)NCc2ccco2)[nH]n1. The molecule has 3 N–H and O–H groups in total. The first-order chi connectivity index (χ1) is 14.9. The minimum Gasteiger partial charge on any atom is -0.467 e. The summed E-state index contributed by atoms with van der Waals surface area (Å²) in [5.74, 6) is -0.0794. The molecule has 0 bridgehead atoms. The standard InChI is InChI=1S/C22H22N6O3/c1-13-20(14(2)28(3)27-13)18-11-19(26-25-18)22(30)24-17-9-5-4-8-16(17)21(29)23-12-15-7-6-10-31-15/h4-11H,12H2,1-3H3,(H,23,29)(H,24,30)(H,25,26). The molecule has 0 unspecified atom stereocenters. The van der Waals surface area contributed by atoms with Gasteiger partial charge in [-0.1, -0.05) is 12.1 Å². The summed E-state index contributed by atoms with van der Waals surface area (Å²) in [6.45, 7) is 4.09. The summed E-state index contributed by atoms with van der Waals surface area (Å²) in [7, 11) is 1.86. The van der Waals surface area contributed by atoms with Gasteiger partial charge in [-0.3, -0.25) is 19.4 Å². The van der Waals surface area contributed by atoms with E-state index in [1.165, 1.54) is 0 Å². The monoisotopic (exact) mass is 418 g/mol. The lowest BCUT2D eigenvalue weighted by Gasteiger charge is -2.10. The fourth-order valence-corrected chi connectivity index (χ4v) is 3.37. The maximum absolute atomic E-state index is 12.8. The predicted octanol–water partition coefficient (Wildman–Crippen LogP) is 3.20. The van der Waals surface area contributed by atoms with Gasteiger partial charge in [0, 0.05) is 18.3 Å². The molecule has 158 valence electrons. The Morgan fingerprint density at radius 1 is 1.13 bits per heavy atom. The van der Waals surface area contributed by atoms with Crippen molar-refractivity contribution in [2.75, 3.05) is 5.32 Å². The first kappa shape index (κ1) is 20.1. The van der Waals surface area contributed by atoms with Crippen LogP contribution in [0.15, 0.2) is 53.1 Å². The Labute approximate surface area is 178 Å². The third-order valence-electron chi connectivity index (χ3n) is 5.01. The molecule has 3 heterocycles. The Morgan fingerprint density at radius 3 is 2.65 bits per heavy atom. The molecule has 0 saturated carbocycles. The fraction of sp³-hybridized carbons (Fsp3) is 0.182. The van der Waals surface area contributed by atoms with Crippen molar-refractivity contribution >= 4 is 17.5 Å². The number of nitrogens with one attached hydrogen (secondary N) is 3. The molecule has 0 saturated heterocycles. The molecule has 4 aromatic rings. The van der Waals surface area contributed by atoms with Crippen LogP contribution < -0.4 is 10.6 Å². The third-order valence-corrected chi connectivity index (χ3v) is 5.01. The van der Waals surface area contributed by atoms with E-state index in [0.29, 0.717) is 22.7 Å². The molecule has 0 fully saturated rings. The molecule has 0 radical (unpaired) electrons. The van der Waals surface area contributed by atoms with Crippen LogP contribution in [0.1, 0.15) is 38.0 Å². The van der Waals surface area contributed by atoms with Gasteiger partial charge in [0.15, 0.2) is 0 Å². The average molecular weight is 418 g/mol. The molecule has 0 aliphatic heterocycles. The molecule has 2 amide bonds. The molecule has 31 heavy (non-hydrogen) atoms. The normalized spacial score (nSPS) is 10.8. The number of furan rings is 1. The quantitative estimate of drug-likeness (QED) is 0.444. The van der Waals surface area contributed by atoms with Crippen molar-refractivity contribution in [1.82, 2.24) is 25.3 Å². The number of amides is 2. The molecule has 9 heteroatoms. The van der Waals surface area contributed by atoms with Crippen LogP contribution in [0.3, 0.4) is 0 Å². The zero-order chi connectivity index (χ0) is 22.0. The number of para-hydroxylation sites is 1. The summed E-state index contributed by atoms with van der Waals surface area (Å²) >= 11 is 0. The van der Waals surface area contributed by atoms with Gasteiger partial charge in [-0.2, -0.15) is 10.2 Å². The molecule has 9 nitrogen and oxygen atoms in total. The van der Waals surface area contributed by atoms with Crippen LogP contribution in [-0.4, -0.2) is 31.8 Å². The Balaban J connectivity index is 1.50. The molecular formula is C22H22N6O3. The van der Waals surface area contributed by atoms with Gasteiger partial charge in [-0.15, -0.1) is 0 Å². The van der Waals surface area contributed by atoms with Gasteiger partial charge in [-0.25, -0.2) is 0 Å². The molecule has 1 aromatic carbocycles. The highest BCUT2D eigenvalue weighted by atomic mass is 16.3. The summed E-state index contributed by atoms with van der Waals surface area (Å²) in [5, 5.41) is 17.0. The van der Waals surface area contributed by atoms with Crippen LogP contribution in [0.5, 0.6) is 0 Å². The third kappa shape index (κ3) is 4.11. The lowest BCUT2D eigenvalue weighted by molar-refractivity contribution is 0.0949. The van der Waals surface area contributed by atoms with E-state index in [1.54, 1.807) is 53.4 Å². The predicted molar refractivity (Wildman–Crippen MR) is 115 cm³/mol. The number of aryl methyl sites for hydroxylation is 2. The van der Waals surface area contributed by atoms with E-state index in [4.69, 9.17) is 4.42 Å². The molecule has 0 aliphatic carbocycles. The number of carbonyl (C=O) groups is 2. The van der Waals surface area contributed by atoms with Gasteiger partial charge in [0.25, 0.3) is 11.8 Å². The molecule has 3 aromatic heterocycles. The number of hydrogen-bond acceptors (Lipinski definition) is 5. The van der Waals surface area contributed by atoms with Crippen LogP contribution in [0, 0.1) is 13.8 Å². The highest BCUT2D eigenvalue weighted by Crippen LogP contribution is 2.25. The highest BCUT2D eigenvalue weighted by molar-refractivity contribution is 6.08. The molecule has 4 rings (SSSR count). The highest BCUT2D eigenvalue weighted by Gasteiger charge is 2.19. The van der Waals surface area contributed by atoms with E-state index < -0.39 is 5.91 Å². The number of anilines is 1. The zero-order valence-electron chi connectivity index (χ0n) is 17.4. The van der Waals surface area contributed by atoms with E-state index in [2.05, 4.69) is 25.9 Å². The van der Waals surface area contributed by atoms with Gasteiger partial charge >= 0.3 is 0 Å². The number of aromatic amines is 1. The Bertz CT molecular complexity index is 1240. The number of aromatic nitrogens is 4. The second kappa shape index (κ2) is 8.31. The maximum Gasteiger partial charge on any atom is 0.273 e. The minimum atomic E-state index is -0.399. The van der Waals surface area contributed by atoms with Crippen LogP contribution >= 0.6 is 0 Å². The van der Waals surface area contributed by atoms with E-state index >= 15 is 0 Å². The van der Waals surface area contributed by atoms with Crippen molar-refractivity contribution < 1.29 is 14.0 Å². The molecule has 0 aliphatic rings. The van der Waals surface area contributed by atoms with Crippen molar-refractivity contribution in [1.29, 1.82) is 0 Å². The Hall–Kier alpha value is -4.14. The number of rotatable bonds is 6. The van der Waals surface area contributed by atoms with Crippen molar-refractivity contribution in [3.63, 3.8) is 0 Å². The fourth-order valence-electron chi connectivity index (χ4n) is 3.37. The number of benzene rings is 1. The van der Waals surface area contributed by atoms with Crippen molar-refractivity contribution in [3.8, 4) is 11.3 Å². The van der Waals surface area contributed by atoms with Crippen LogP contribution in [0.2, 0.25) is 0 Å². The second-order valence-corrected chi connectivity index (χ2v) is 7.10. The summed E-state index contributed by atoms with van der Waals surface area (Å²) < 4.78 is 7.00. The smallest absolute Gasteiger partial charge is 0.273 e. The number of H-pyrrole nitrogens is 1. The van der Waals surface area contributed by atoms with Gasteiger partial charge in [0.05, 0.1) is 35.4 Å². The van der Waals surface area contributed by atoms with Gasteiger partial charge in [0.1, 0.15) is 11.5 Å². The van der Waals surface area contributed by atoms with Gasteiger partial charge in [-0.05, 0) is 44.2 Å². The summed E-state index contributed by atoms with van der Waals surface area (Å²) in [6.07, 6.45) is 1.54. The minimum absolute atomic E-state index is 0.252. The maximum atomic E-state index is 12.8. The Kier molecular flexibility index (Phi) is 5.40. The van der Waals surface area contributed by atoms with Crippen molar-refractivity contribution in [3.05, 3.63) is 77.1 Å². The Morgan fingerprint density at radius 2 is 1.94 bits per heavy atom. The van der Waals surface area contributed by atoms with E-state index in [9.17, 15) is 9.59 Å². The largest absolute Gasteiger partial charge is 0.467 e. The molecule has 0 atom stereocenters. The van der Waals surface area contributed by atoms with Crippen LogP contribution in [-0.2, 0) is 13.6 Å². The van der Waals surface area contributed by atoms with Gasteiger partial charge < -0.3 is 15.1 Å². The van der Waals surface area contributed by atoms with Crippen LogP contribution in [0.4, 0.5) is 5.69 Å². The first-order valence-electron chi connectivity index (χ1n) is 9.71. The summed E-state index contributed by atoms with van der Waals surface area (Å²) in [4.78, 5) is 25.4. The second-order valence-electron chi connectivity index (χ2n) is 7.10. The summed E-state index contributed by atoms with van der Waals surface area (Å²) in [6, 6.07) is 12.0. The summed E-state index contributed by atoms with van der Waals surface area (Å²) in [5.41, 5.74) is 4.33. The molecular weight excluding hydrogens is 396 g/mol. The lowest BCUT2D eigenvalue weighted by Crippen LogP contribution is -2.24. The van der Waals surface area contributed by atoms with Gasteiger partial charge in [0.2, 0.25) is 0 Å². The number of carbonyl (C=O) groups excluding carboxylic acids is 2. The van der Waals surface area contributed by atoms with E-state index in [1.807, 2.05) is 20.9 Å². The van der Waals surface area contributed by atoms with E-state index in [-0.39, 0.29) is 18.1 Å². The topological polar surface area (TPSA) is 118 Å². The number of nitrogens with zero attached hydrogens (tertiary/aromatic N) is 3. The number of hydrogen-bond donors (Lipinski definition) is 3. The van der Waals surface area contributed by atoms with Crippen molar-refractivity contribution in [2.24, 2.45) is 7.05 Å². The van der Waals surface area contributed by atoms with E-state index in [0.717, 1.165) is 17.0 Å². The lowest BCUT2D eigenvalue weighted by atomic mass is 10.1. The van der Waals surface area contributed by atoms with Crippen LogP contribution in [0.25, 0.3) is 11.3 Å². The average Bonchev–Trinajstić information content (AvgIpc) is 3.49. The molecule has 0 spiro atoms. The van der Waals surface area contributed by atoms with Crippen molar-refractivity contribution in [2.45, 2.75) is 20.4 Å². The zero-order valence-corrected chi connectivity index (χ0v) is 17.4.